The van der Waals surface area contributed by atoms with Crippen molar-refractivity contribution in [1.29, 1.82) is 0 Å². The number of carboxylic acids is 1. The molecule has 0 aliphatic rings. The Bertz CT molecular complexity index is 565. The number of phenolic OH excluding ortho intramolecular Hbond substituents is 2. The number of benzene rings is 1. The molecular formula is C15H19NO5. The van der Waals surface area contributed by atoms with E-state index in [1.165, 1.54) is 18.2 Å². The number of amides is 1. The molecule has 1 amide bonds. The van der Waals surface area contributed by atoms with Crippen LogP contribution in [0.25, 0.3) is 0 Å². The summed E-state index contributed by atoms with van der Waals surface area (Å²) in [7, 11) is 0. The smallest absolute Gasteiger partial charge is 0.326 e. The fourth-order valence-electron chi connectivity index (χ4n) is 1.80. The van der Waals surface area contributed by atoms with Gasteiger partial charge < -0.3 is 20.6 Å². The van der Waals surface area contributed by atoms with Gasteiger partial charge in [0.25, 0.3) is 0 Å². The van der Waals surface area contributed by atoms with Gasteiger partial charge in [-0.2, -0.15) is 0 Å². The van der Waals surface area contributed by atoms with Crippen molar-refractivity contribution in [2.45, 2.75) is 32.7 Å². The Morgan fingerprint density at radius 3 is 2.48 bits per heavy atom. The van der Waals surface area contributed by atoms with E-state index in [9.17, 15) is 24.9 Å². The summed E-state index contributed by atoms with van der Waals surface area (Å²) in [4.78, 5) is 23.1. The Labute approximate surface area is 122 Å². The van der Waals surface area contributed by atoms with Gasteiger partial charge in [-0.15, -0.1) is 0 Å². The van der Waals surface area contributed by atoms with E-state index in [-0.39, 0.29) is 17.9 Å². The van der Waals surface area contributed by atoms with Crippen molar-refractivity contribution in [2.24, 2.45) is 0 Å². The van der Waals surface area contributed by atoms with Crippen LogP contribution in [0, 0.1) is 0 Å². The van der Waals surface area contributed by atoms with E-state index in [0.717, 1.165) is 0 Å². The zero-order valence-corrected chi connectivity index (χ0v) is 12.0. The first-order valence-electron chi connectivity index (χ1n) is 6.56. The summed E-state index contributed by atoms with van der Waals surface area (Å²) < 4.78 is 0. The molecule has 0 saturated carbocycles. The molecule has 1 unspecified atom stereocenters. The maximum Gasteiger partial charge on any atom is 0.326 e. The number of hydrogen-bond donors (Lipinski definition) is 4. The Balaban J connectivity index is 2.83. The first kappa shape index (κ1) is 16.6. The molecular weight excluding hydrogens is 274 g/mol. The van der Waals surface area contributed by atoms with Crippen LogP contribution in [-0.2, 0) is 16.0 Å². The minimum Gasteiger partial charge on any atom is -0.504 e. The molecule has 1 aromatic rings. The lowest BCUT2D eigenvalue weighted by atomic mass is 10.0. The van der Waals surface area contributed by atoms with Gasteiger partial charge in [-0.25, -0.2) is 4.79 Å². The van der Waals surface area contributed by atoms with Gasteiger partial charge in [-0.05, 0) is 31.0 Å². The Hall–Kier alpha value is -2.50. The number of carbonyl (C=O) groups is 2. The van der Waals surface area contributed by atoms with Gasteiger partial charge in [0.2, 0.25) is 5.91 Å². The van der Waals surface area contributed by atoms with Crippen LogP contribution in [0.5, 0.6) is 11.5 Å². The summed E-state index contributed by atoms with van der Waals surface area (Å²) in [6.45, 7) is 3.49. The van der Waals surface area contributed by atoms with E-state index < -0.39 is 17.9 Å². The third kappa shape index (κ3) is 4.83. The summed E-state index contributed by atoms with van der Waals surface area (Å²) in [6.07, 6.45) is 2.40. The van der Waals surface area contributed by atoms with Gasteiger partial charge in [0.05, 0.1) is 0 Å². The van der Waals surface area contributed by atoms with Crippen LogP contribution in [0.4, 0.5) is 0 Å². The fraction of sp³-hybridized carbons (Fsp3) is 0.333. The second kappa shape index (κ2) is 7.33. The molecule has 0 radical (unpaired) electrons. The predicted molar refractivity (Wildman–Crippen MR) is 77.1 cm³/mol. The molecule has 114 valence electrons. The molecule has 6 heteroatoms. The maximum atomic E-state index is 11.8. The number of carbonyl (C=O) groups excluding carboxylic acids is 1. The number of rotatable bonds is 6. The molecule has 21 heavy (non-hydrogen) atoms. The molecule has 0 bridgehead atoms. The lowest BCUT2D eigenvalue weighted by Gasteiger charge is -2.15. The van der Waals surface area contributed by atoms with Crippen molar-refractivity contribution in [1.82, 2.24) is 5.32 Å². The van der Waals surface area contributed by atoms with E-state index in [1.807, 2.05) is 6.92 Å². The minimum absolute atomic E-state index is 0.00825. The molecule has 4 N–H and O–H groups in total. The summed E-state index contributed by atoms with van der Waals surface area (Å²) in [5.41, 5.74) is 0.951. The zero-order chi connectivity index (χ0) is 16.0. The van der Waals surface area contributed by atoms with Gasteiger partial charge in [-0.3, -0.25) is 4.79 Å². The Morgan fingerprint density at radius 2 is 1.95 bits per heavy atom. The third-order valence-electron chi connectivity index (χ3n) is 2.95. The Kier molecular flexibility index (Phi) is 5.78. The SMILES string of the molecule is CC/C=C(/C)C(=O)NC(Cc1ccc(O)c(O)c1)C(=O)O. The minimum atomic E-state index is -1.17. The monoisotopic (exact) mass is 293 g/mol. The molecule has 0 fully saturated rings. The third-order valence-corrected chi connectivity index (χ3v) is 2.95. The van der Waals surface area contributed by atoms with Crippen LogP contribution in [0.3, 0.4) is 0 Å². The van der Waals surface area contributed by atoms with Crippen LogP contribution in [0.15, 0.2) is 29.8 Å². The van der Waals surface area contributed by atoms with Crippen molar-refractivity contribution in [3.05, 3.63) is 35.4 Å². The van der Waals surface area contributed by atoms with Crippen molar-refractivity contribution in [3.63, 3.8) is 0 Å². The van der Waals surface area contributed by atoms with E-state index >= 15 is 0 Å². The van der Waals surface area contributed by atoms with Crippen LogP contribution < -0.4 is 5.32 Å². The highest BCUT2D eigenvalue weighted by molar-refractivity contribution is 5.95. The highest BCUT2D eigenvalue weighted by Gasteiger charge is 2.21. The quantitative estimate of drug-likeness (QED) is 0.470. The van der Waals surface area contributed by atoms with Gasteiger partial charge in [0.1, 0.15) is 6.04 Å². The number of allylic oxidation sites excluding steroid dienone is 1. The summed E-state index contributed by atoms with van der Waals surface area (Å²) in [5.74, 6) is -2.21. The lowest BCUT2D eigenvalue weighted by molar-refractivity contribution is -0.141. The summed E-state index contributed by atoms with van der Waals surface area (Å²) in [6, 6.07) is 2.92. The van der Waals surface area contributed by atoms with Crippen molar-refractivity contribution >= 4 is 11.9 Å². The average Bonchev–Trinajstić information content (AvgIpc) is 2.42. The van der Waals surface area contributed by atoms with E-state index in [0.29, 0.717) is 17.6 Å². The van der Waals surface area contributed by atoms with Gasteiger partial charge in [0.15, 0.2) is 11.5 Å². The number of nitrogens with one attached hydrogen (secondary N) is 1. The molecule has 0 aliphatic carbocycles. The van der Waals surface area contributed by atoms with Crippen LogP contribution in [0.2, 0.25) is 0 Å². The first-order valence-corrected chi connectivity index (χ1v) is 6.56. The molecule has 1 atom stereocenters. The molecule has 0 saturated heterocycles. The number of aliphatic carboxylic acids is 1. The van der Waals surface area contributed by atoms with Gasteiger partial charge >= 0.3 is 5.97 Å². The van der Waals surface area contributed by atoms with Crippen LogP contribution in [0.1, 0.15) is 25.8 Å². The van der Waals surface area contributed by atoms with Crippen molar-refractivity contribution in [2.75, 3.05) is 0 Å². The molecule has 0 spiro atoms. The topological polar surface area (TPSA) is 107 Å². The maximum absolute atomic E-state index is 11.8. The molecule has 0 aliphatic heterocycles. The zero-order valence-electron chi connectivity index (χ0n) is 12.0. The number of phenols is 2. The van der Waals surface area contributed by atoms with Crippen molar-refractivity contribution < 1.29 is 24.9 Å². The molecule has 6 nitrogen and oxygen atoms in total. The standard InChI is InChI=1S/C15H19NO5/c1-3-4-9(2)14(19)16-11(15(20)21)7-10-5-6-12(17)13(18)8-10/h4-6,8,11,17-18H,3,7H2,1-2H3,(H,16,19)(H,20,21)/b9-4-. The number of aromatic hydroxyl groups is 2. The largest absolute Gasteiger partial charge is 0.504 e. The van der Waals surface area contributed by atoms with Gasteiger partial charge in [0, 0.05) is 12.0 Å². The summed E-state index contributed by atoms with van der Waals surface area (Å²) >= 11 is 0. The van der Waals surface area contributed by atoms with Crippen molar-refractivity contribution in [3.8, 4) is 11.5 Å². The average molecular weight is 293 g/mol. The Morgan fingerprint density at radius 1 is 1.29 bits per heavy atom. The second-order valence-electron chi connectivity index (χ2n) is 4.69. The lowest BCUT2D eigenvalue weighted by Crippen LogP contribution is -2.42. The molecule has 1 rings (SSSR count). The normalized spacial score (nSPS) is 12.8. The number of carboxylic acid groups (broad SMARTS) is 1. The molecule has 1 aromatic carbocycles. The van der Waals surface area contributed by atoms with Crippen LogP contribution in [-0.4, -0.2) is 33.2 Å². The highest BCUT2D eigenvalue weighted by Crippen LogP contribution is 2.25. The predicted octanol–water partition coefficient (Wildman–Crippen LogP) is 1.57. The van der Waals surface area contributed by atoms with E-state index in [4.69, 9.17) is 0 Å². The summed E-state index contributed by atoms with van der Waals surface area (Å²) in [5, 5.41) is 30.2. The first-order chi connectivity index (χ1) is 9.85. The van der Waals surface area contributed by atoms with Crippen LogP contribution >= 0.6 is 0 Å². The second-order valence-corrected chi connectivity index (χ2v) is 4.69. The van der Waals surface area contributed by atoms with E-state index in [1.54, 1.807) is 13.0 Å². The van der Waals surface area contributed by atoms with E-state index in [2.05, 4.69) is 5.32 Å². The molecule has 0 heterocycles. The number of hydrogen-bond acceptors (Lipinski definition) is 4. The van der Waals surface area contributed by atoms with Gasteiger partial charge in [-0.1, -0.05) is 19.1 Å². The fourth-order valence-corrected chi connectivity index (χ4v) is 1.80. The molecule has 0 aromatic heterocycles. The highest BCUT2D eigenvalue weighted by atomic mass is 16.4.